The fourth-order valence-electron chi connectivity index (χ4n) is 4.10. The van der Waals surface area contributed by atoms with E-state index in [9.17, 15) is 14.4 Å². The van der Waals surface area contributed by atoms with Crippen molar-refractivity contribution in [2.75, 3.05) is 14.2 Å². The van der Waals surface area contributed by atoms with E-state index < -0.39 is 17.3 Å². The number of esters is 2. The standard InChI is InChI=1S/C22H25NO5/c1-27-19(24)14-15-4-6-16(7-5-15)17-8-10-18(11-9-17)22(12-3-13-23-22)20(25)21(26)28-2/h3,8-13,15-16H,4-7,14H2,1-2H3. The van der Waals surface area contributed by atoms with E-state index in [1.165, 1.54) is 26.0 Å². The molecule has 0 spiro atoms. The van der Waals surface area contributed by atoms with Crippen LogP contribution in [0.15, 0.2) is 41.4 Å². The molecule has 0 bridgehead atoms. The molecule has 148 valence electrons. The van der Waals surface area contributed by atoms with Crippen molar-refractivity contribution in [1.82, 2.24) is 0 Å². The van der Waals surface area contributed by atoms with Gasteiger partial charge in [0.15, 0.2) is 5.54 Å². The van der Waals surface area contributed by atoms with E-state index in [0.29, 0.717) is 23.8 Å². The molecule has 1 aliphatic carbocycles. The SMILES string of the molecule is COC(=O)CC1CCC(c2ccc(C3(C(=O)C(=O)OC)C=CC=N3)cc2)CC1. The molecule has 1 fully saturated rings. The summed E-state index contributed by atoms with van der Waals surface area (Å²) in [6.07, 6.45) is 9.34. The van der Waals surface area contributed by atoms with Crippen LogP contribution in [-0.2, 0) is 29.4 Å². The molecule has 1 atom stereocenters. The van der Waals surface area contributed by atoms with Crippen LogP contribution in [0.5, 0.6) is 0 Å². The monoisotopic (exact) mass is 383 g/mol. The zero-order chi connectivity index (χ0) is 20.1. The maximum atomic E-state index is 12.6. The summed E-state index contributed by atoms with van der Waals surface area (Å²) in [5, 5.41) is 0. The third-order valence-corrected chi connectivity index (χ3v) is 5.77. The van der Waals surface area contributed by atoms with E-state index in [0.717, 1.165) is 25.7 Å². The number of carbonyl (C=O) groups excluding carboxylic acids is 3. The van der Waals surface area contributed by atoms with Gasteiger partial charge in [0.1, 0.15) is 0 Å². The molecule has 0 amide bonds. The number of ketones is 1. The highest BCUT2D eigenvalue weighted by Gasteiger charge is 2.43. The van der Waals surface area contributed by atoms with Gasteiger partial charge in [-0.15, -0.1) is 0 Å². The van der Waals surface area contributed by atoms with Gasteiger partial charge in [-0.2, -0.15) is 0 Å². The lowest BCUT2D eigenvalue weighted by Crippen LogP contribution is -2.37. The Morgan fingerprint density at radius 2 is 1.71 bits per heavy atom. The third kappa shape index (κ3) is 3.91. The van der Waals surface area contributed by atoms with E-state index >= 15 is 0 Å². The molecule has 0 aromatic heterocycles. The summed E-state index contributed by atoms with van der Waals surface area (Å²) in [5.74, 6) is -0.925. The van der Waals surface area contributed by atoms with Crippen LogP contribution in [-0.4, -0.2) is 38.2 Å². The van der Waals surface area contributed by atoms with Gasteiger partial charge in [-0.3, -0.25) is 14.6 Å². The number of carbonyl (C=O) groups is 3. The first-order valence-electron chi connectivity index (χ1n) is 9.53. The number of benzene rings is 1. The van der Waals surface area contributed by atoms with Crippen molar-refractivity contribution < 1.29 is 23.9 Å². The van der Waals surface area contributed by atoms with E-state index in [1.54, 1.807) is 12.2 Å². The second-order valence-corrected chi connectivity index (χ2v) is 7.34. The minimum atomic E-state index is -1.33. The van der Waals surface area contributed by atoms with Crippen molar-refractivity contribution in [3.05, 3.63) is 47.5 Å². The number of hydrogen-bond donors (Lipinski definition) is 0. The topological polar surface area (TPSA) is 82.0 Å². The second-order valence-electron chi connectivity index (χ2n) is 7.34. The van der Waals surface area contributed by atoms with Crippen molar-refractivity contribution in [3.63, 3.8) is 0 Å². The van der Waals surface area contributed by atoms with Crippen molar-refractivity contribution in [1.29, 1.82) is 0 Å². The third-order valence-electron chi connectivity index (χ3n) is 5.77. The molecule has 3 rings (SSSR count). The molecule has 6 nitrogen and oxygen atoms in total. The van der Waals surface area contributed by atoms with Crippen molar-refractivity contribution in [2.45, 2.75) is 43.6 Å². The summed E-state index contributed by atoms with van der Waals surface area (Å²) in [6.45, 7) is 0. The van der Waals surface area contributed by atoms with Gasteiger partial charge in [-0.05, 0) is 60.8 Å². The molecule has 2 aliphatic rings. The number of rotatable bonds is 6. The molecule has 0 saturated heterocycles. The van der Waals surface area contributed by atoms with Crippen LogP contribution >= 0.6 is 0 Å². The average molecular weight is 383 g/mol. The molecule has 0 N–H and O–H groups in total. The van der Waals surface area contributed by atoms with Gasteiger partial charge in [0, 0.05) is 12.6 Å². The van der Waals surface area contributed by atoms with Gasteiger partial charge in [-0.25, -0.2) is 4.79 Å². The van der Waals surface area contributed by atoms with Crippen LogP contribution in [0, 0.1) is 5.92 Å². The quantitative estimate of drug-likeness (QED) is 0.557. The maximum absolute atomic E-state index is 12.6. The Bertz CT molecular complexity index is 789. The summed E-state index contributed by atoms with van der Waals surface area (Å²) in [4.78, 5) is 40.1. The van der Waals surface area contributed by atoms with E-state index in [4.69, 9.17) is 4.74 Å². The van der Waals surface area contributed by atoms with Crippen LogP contribution in [0.4, 0.5) is 0 Å². The van der Waals surface area contributed by atoms with Gasteiger partial charge in [0.05, 0.1) is 14.2 Å². The number of allylic oxidation sites excluding steroid dienone is 1. The molecule has 6 heteroatoms. The number of ether oxygens (including phenoxy) is 2. The minimum absolute atomic E-state index is 0.140. The fraction of sp³-hybridized carbons (Fsp3) is 0.455. The largest absolute Gasteiger partial charge is 0.469 e. The number of Topliss-reactive ketones (excluding diaryl/α,β-unsaturated/α-hetero) is 1. The molecular formula is C22H25NO5. The molecule has 28 heavy (non-hydrogen) atoms. The number of hydrogen-bond acceptors (Lipinski definition) is 6. The lowest BCUT2D eigenvalue weighted by molar-refractivity contribution is -0.153. The summed E-state index contributed by atoms with van der Waals surface area (Å²) in [6, 6.07) is 7.75. The molecule has 1 unspecified atom stereocenters. The zero-order valence-corrected chi connectivity index (χ0v) is 16.2. The Morgan fingerprint density at radius 1 is 1.04 bits per heavy atom. The lowest BCUT2D eigenvalue weighted by Gasteiger charge is -2.29. The smallest absolute Gasteiger partial charge is 0.377 e. The summed E-state index contributed by atoms with van der Waals surface area (Å²) >= 11 is 0. The minimum Gasteiger partial charge on any atom is -0.469 e. The molecule has 1 aliphatic heterocycles. The Balaban J connectivity index is 1.71. The van der Waals surface area contributed by atoms with Crippen LogP contribution in [0.3, 0.4) is 0 Å². The highest BCUT2D eigenvalue weighted by atomic mass is 16.5. The molecule has 1 aromatic rings. The van der Waals surface area contributed by atoms with Gasteiger partial charge in [0.25, 0.3) is 5.78 Å². The molecule has 1 heterocycles. The second kappa shape index (κ2) is 8.50. The molecule has 0 radical (unpaired) electrons. The van der Waals surface area contributed by atoms with Gasteiger partial charge < -0.3 is 9.47 Å². The zero-order valence-electron chi connectivity index (χ0n) is 16.2. The average Bonchev–Trinajstić information content (AvgIpc) is 3.24. The normalized spacial score (nSPS) is 26.1. The van der Waals surface area contributed by atoms with E-state index in [1.807, 2.05) is 24.3 Å². The first kappa shape index (κ1) is 20.0. The maximum Gasteiger partial charge on any atom is 0.377 e. The summed E-state index contributed by atoms with van der Waals surface area (Å²) in [7, 11) is 2.62. The molecular weight excluding hydrogens is 358 g/mol. The summed E-state index contributed by atoms with van der Waals surface area (Å²) < 4.78 is 9.37. The fourth-order valence-corrected chi connectivity index (χ4v) is 4.10. The Hall–Kier alpha value is -2.76. The van der Waals surface area contributed by atoms with Crippen LogP contribution in [0.25, 0.3) is 0 Å². The highest BCUT2D eigenvalue weighted by Crippen LogP contribution is 2.38. The van der Waals surface area contributed by atoms with Crippen molar-refractivity contribution in [3.8, 4) is 0 Å². The number of methoxy groups -OCH3 is 2. The van der Waals surface area contributed by atoms with Crippen LogP contribution < -0.4 is 0 Å². The van der Waals surface area contributed by atoms with Crippen LogP contribution in [0.2, 0.25) is 0 Å². The van der Waals surface area contributed by atoms with E-state index in [-0.39, 0.29) is 5.97 Å². The Labute approximate surface area is 164 Å². The molecule has 1 saturated carbocycles. The first-order chi connectivity index (χ1) is 13.5. The predicted octanol–water partition coefficient (Wildman–Crippen LogP) is 3.10. The highest BCUT2D eigenvalue weighted by molar-refractivity contribution is 6.38. The van der Waals surface area contributed by atoms with Gasteiger partial charge in [0.2, 0.25) is 0 Å². The van der Waals surface area contributed by atoms with Crippen molar-refractivity contribution >= 4 is 23.9 Å². The predicted molar refractivity (Wildman–Crippen MR) is 104 cm³/mol. The lowest BCUT2D eigenvalue weighted by atomic mass is 9.77. The molecule has 1 aromatic carbocycles. The van der Waals surface area contributed by atoms with Gasteiger partial charge >= 0.3 is 11.9 Å². The Morgan fingerprint density at radius 3 is 2.25 bits per heavy atom. The van der Waals surface area contributed by atoms with Crippen molar-refractivity contribution in [2.24, 2.45) is 10.9 Å². The van der Waals surface area contributed by atoms with Gasteiger partial charge in [-0.1, -0.05) is 24.3 Å². The van der Waals surface area contributed by atoms with E-state index in [2.05, 4.69) is 9.73 Å². The number of nitrogens with zero attached hydrogens (tertiary/aromatic N) is 1. The number of aliphatic imine (C=N–C) groups is 1. The Kier molecular flexibility index (Phi) is 6.07. The van der Waals surface area contributed by atoms with Crippen LogP contribution in [0.1, 0.15) is 49.1 Å². The first-order valence-corrected chi connectivity index (χ1v) is 9.53. The summed E-state index contributed by atoms with van der Waals surface area (Å²) in [5.41, 5.74) is 0.520.